The molecule has 5 heteroatoms. The fourth-order valence-electron chi connectivity index (χ4n) is 6.65. The number of para-hydroxylation sites is 4. The summed E-state index contributed by atoms with van der Waals surface area (Å²) >= 11 is 0. The van der Waals surface area contributed by atoms with Crippen LogP contribution in [0.3, 0.4) is 0 Å². The Hall–Kier alpha value is -5.68. The lowest BCUT2D eigenvalue weighted by Crippen LogP contribution is -2.13. The highest BCUT2D eigenvalue weighted by Gasteiger charge is 2.22. The summed E-state index contributed by atoms with van der Waals surface area (Å²) in [6.45, 7) is 4.06. The monoisotopic (exact) mass is 587 g/mol. The Balaban J connectivity index is 1.38. The summed E-state index contributed by atoms with van der Waals surface area (Å²) in [5.74, 6) is 0.876. The van der Waals surface area contributed by atoms with Gasteiger partial charge in [-0.05, 0) is 92.1 Å². The second-order valence-electron chi connectivity index (χ2n) is 11.7. The summed E-state index contributed by atoms with van der Waals surface area (Å²) in [7, 11) is 0. The maximum Gasteiger partial charge on any atom is 0.191 e. The summed E-state index contributed by atoms with van der Waals surface area (Å²) in [5.41, 5.74) is 11.0. The molecule has 0 atom stereocenters. The predicted molar refractivity (Wildman–Crippen MR) is 188 cm³/mol. The number of aromatic nitrogens is 4. The third-order valence-corrected chi connectivity index (χ3v) is 8.71. The average molecular weight is 588 g/mol. The van der Waals surface area contributed by atoms with Gasteiger partial charge in [0.1, 0.15) is 11.5 Å². The van der Waals surface area contributed by atoms with Crippen molar-refractivity contribution in [3.05, 3.63) is 151 Å². The van der Waals surface area contributed by atoms with Crippen LogP contribution in [-0.2, 0) is 6.98 Å². The van der Waals surface area contributed by atoms with Crippen molar-refractivity contribution in [2.24, 2.45) is 6.98 Å². The summed E-state index contributed by atoms with van der Waals surface area (Å²) in [6, 6.07) is 41.6. The Morgan fingerprint density at radius 2 is 1.36 bits per heavy atom. The molecule has 218 valence electrons. The fourth-order valence-corrected chi connectivity index (χ4v) is 6.65. The van der Waals surface area contributed by atoms with E-state index in [1.54, 1.807) is 6.33 Å². The lowest BCUT2D eigenvalue weighted by atomic mass is 10.0. The highest BCUT2D eigenvalue weighted by atomic mass is 15.2. The topological polar surface area (TPSA) is 30.9 Å². The molecular formula is C40H34N5+. The first-order valence-electron chi connectivity index (χ1n) is 16.6. The van der Waals surface area contributed by atoms with Crippen LogP contribution in [0.5, 0.6) is 0 Å². The molecule has 3 heterocycles. The average Bonchev–Trinajstić information content (AvgIpc) is 3.63. The molecule has 0 radical (unpaired) electrons. The standard InChI is InChI=1S/C40H34N5/c1-27-21-22-41-39(23-27)45-35-16-6-5-15-33(35)34-20-19-32(25-38(34)45)44(40-28(2)11-9-12-29(40)3)31-14-10-13-30(24-31)43-26-42(4)36-17-7-8-18-37(36)43/h5-26H,1-4H3/q+1/i4D3. The SMILES string of the molecule is [2H]C([2H])([2H])n1[cH+]n(-c2cccc(N(c3ccc4c5ccccc5n(-c5cc(C)ccn5)c4c3)c3c(C)cccc3C)c2)c2ccccc21. The van der Waals surface area contributed by atoms with E-state index in [0.717, 1.165) is 67.2 Å². The van der Waals surface area contributed by atoms with Gasteiger partial charge in [0.2, 0.25) is 0 Å². The molecule has 45 heavy (non-hydrogen) atoms. The minimum absolute atomic E-state index is 0.651. The van der Waals surface area contributed by atoms with Crippen LogP contribution in [0.2, 0.25) is 0 Å². The van der Waals surface area contributed by atoms with Crippen LogP contribution >= 0.6 is 0 Å². The zero-order valence-corrected chi connectivity index (χ0v) is 25.4. The molecule has 8 rings (SSSR count). The maximum absolute atomic E-state index is 8.18. The molecule has 0 spiro atoms. The lowest BCUT2D eigenvalue weighted by molar-refractivity contribution is 0.911. The van der Waals surface area contributed by atoms with Crippen LogP contribution in [0.1, 0.15) is 20.8 Å². The van der Waals surface area contributed by atoms with Crippen LogP contribution < -0.4 is 4.90 Å². The van der Waals surface area contributed by atoms with Gasteiger partial charge in [0.15, 0.2) is 17.4 Å². The van der Waals surface area contributed by atoms with Crippen LogP contribution in [0, 0.1) is 20.8 Å². The van der Waals surface area contributed by atoms with Crippen molar-refractivity contribution in [2.45, 2.75) is 20.8 Å². The van der Waals surface area contributed by atoms with E-state index in [1.165, 1.54) is 9.95 Å². The molecule has 8 aromatic rings. The second kappa shape index (κ2) is 10.5. The largest absolute Gasteiger partial charge is 0.309 e. The van der Waals surface area contributed by atoms with Gasteiger partial charge in [-0.2, -0.15) is 4.57 Å². The summed E-state index contributed by atoms with van der Waals surface area (Å²) in [6.07, 6.45) is 3.55. The normalized spacial score (nSPS) is 12.8. The molecule has 0 aliphatic carbocycles. The van der Waals surface area contributed by atoms with Gasteiger partial charge in [0, 0.05) is 58.0 Å². The molecule has 0 bridgehead atoms. The quantitative estimate of drug-likeness (QED) is 0.188. The van der Waals surface area contributed by atoms with E-state index in [9.17, 15) is 0 Å². The number of pyridine rings is 1. The molecular weight excluding hydrogens is 550 g/mol. The van der Waals surface area contributed by atoms with E-state index in [0.29, 0.717) is 5.52 Å². The molecule has 0 unspecified atom stereocenters. The number of fused-ring (bicyclic) bond motifs is 4. The van der Waals surface area contributed by atoms with Crippen molar-refractivity contribution < 1.29 is 4.11 Å². The van der Waals surface area contributed by atoms with Crippen LogP contribution in [0.25, 0.3) is 44.3 Å². The van der Waals surface area contributed by atoms with Gasteiger partial charge < -0.3 is 4.90 Å². The zero-order chi connectivity index (χ0) is 33.2. The molecule has 5 aromatic carbocycles. The number of hydrogen-bond acceptors (Lipinski definition) is 2. The number of benzene rings is 5. The second-order valence-corrected chi connectivity index (χ2v) is 11.7. The van der Waals surface area contributed by atoms with E-state index < -0.39 is 6.98 Å². The molecule has 0 saturated heterocycles. The molecule has 0 aliphatic rings. The first-order valence-corrected chi connectivity index (χ1v) is 15.1. The van der Waals surface area contributed by atoms with Gasteiger partial charge in [0.05, 0.1) is 22.4 Å². The number of nitrogens with zero attached hydrogens (tertiary/aromatic N) is 5. The van der Waals surface area contributed by atoms with Crippen LogP contribution in [0.15, 0.2) is 134 Å². The van der Waals surface area contributed by atoms with Gasteiger partial charge in [-0.25, -0.2) is 9.55 Å². The van der Waals surface area contributed by atoms with E-state index in [4.69, 9.17) is 9.10 Å². The van der Waals surface area contributed by atoms with E-state index >= 15 is 0 Å². The van der Waals surface area contributed by atoms with Crippen molar-refractivity contribution in [2.75, 3.05) is 4.90 Å². The number of hydrogen-bond donors (Lipinski definition) is 0. The third-order valence-electron chi connectivity index (χ3n) is 8.71. The first-order chi connectivity index (χ1) is 23.2. The number of rotatable bonds is 5. The Kier molecular flexibility index (Phi) is 5.53. The van der Waals surface area contributed by atoms with Crippen molar-refractivity contribution in [3.63, 3.8) is 0 Å². The van der Waals surface area contributed by atoms with Crippen molar-refractivity contribution in [3.8, 4) is 11.5 Å². The molecule has 0 fully saturated rings. The number of anilines is 3. The van der Waals surface area contributed by atoms with E-state index in [1.807, 2.05) is 53.2 Å². The van der Waals surface area contributed by atoms with E-state index in [2.05, 4.69) is 109 Å². The summed E-state index contributed by atoms with van der Waals surface area (Å²) < 4.78 is 30.1. The predicted octanol–water partition coefficient (Wildman–Crippen LogP) is 10.1. The summed E-state index contributed by atoms with van der Waals surface area (Å²) in [5, 5.41) is 2.32. The van der Waals surface area contributed by atoms with Crippen LogP contribution in [0.4, 0.5) is 17.1 Å². The van der Waals surface area contributed by atoms with Crippen molar-refractivity contribution >= 4 is 49.9 Å². The molecule has 0 saturated carbocycles. The van der Waals surface area contributed by atoms with Crippen molar-refractivity contribution in [1.29, 1.82) is 0 Å². The van der Waals surface area contributed by atoms with Crippen LogP contribution in [-0.4, -0.2) is 18.7 Å². The van der Waals surface area contributed by atoms with E-state index in [-0.39, 0.29) is 0 Å². The van der Waals surface area contributed by atoms with Crippen molar-refractivity contribution in [1.82, 2.24) is 18.7 Å². The maximum atomic E-state index is 8.18. The Bertz CT molecular complexity index is 2490. The number of aryl methyl sites for hydroxylation is 4. The molecule has 0 aliphatic heterocycles. The lowest BCUT2D eigenvalue weighted by Gasteiger charge is -2.29. The summed E-state index contributed by atoms with van der Waals surface area (Å²) in [4.78, 5) is 7.10. The minimum Gasteiger partial charge on any atom is -0.309 e. The van der Waals surface area contributed by atoms with Gasteiger partial charge in [-0.3, -0.25) is 4.57 Å². The molecule has 5 nitrogen and oxygen atoms in total. The highest BCUT2D eigenvalue weighted by molar-refractivity contribution is 6.10. The highest BCUT2D eigenvalue weighted by Crippen LogP contribution is 2.42. The van der Waals surface area contributed by atoms with Gasteiger partial charge >= 0.3 is 0 Å². The smallest absolute Gasteiger partial charge is 0.191 e. The molecule has 0 N–H and O–H groups in total. The molecule has 3 aromatic heterocycles. The minimum atomic E-state index is -2.31. The Morgan fingerprint density at radius 3 is 2.16 bits per heavy atom. The molecule has 0 amide bonds. The van der Waals surface area contributed by atoms with Gasteiger partial charge in [-0.15, -0.1) is 0 Å². The first kappa shape index (κ1) is 23.7. The van der Waals surface area contributed by atoms with Gasteiger partial charge in [-0.1, -0.05) is 42.5 Å². The Labute approximate surface area is 267 Å². The third kappa shape index (κ3) is 4.39. The zero-order valence-electron chi connectivity index (χ0n) is 28.4. The van der Waals surface area contributed by atoms with Gasteiger partial charge in [0.25, 0.3) is 0 Å². The number of imidazole rings is 1. The Morgan fingerprint density at radius 1 is 0.644 bits per heavy atom. The fraction of sp³-hybridized carbons (Fsp3) is 0.100.